The van der Waals surface area contributed by atoms with Gasteiger partial charge in [-0.3, -0.25) is 4.79 Å². The Labute approximate surface area is 110 Å². The number of carbonyl (C=O) groups is 1. The maximum atomic E-state index is 12.1. The molecular formula is C13H12ClN3O. The van der Waals surface area contributed by atoms with Crippen LogP contribution >= 0.6 is 11.6 Å². The van der Waals surface area contributed by atoms with E-state index in [2.05, 4.69) is 10.3 Å². The number of nitrogens with zero attached hydrogens (tertiary/aromatic N) is 1. The summed E-state index contributed by atoms with van der Waals surface area (Å²) in [7, 11) is 0. The van der Waals surface area contributed by atoms with Crippen molar-refractivity contribution >= 4 is 28.9 Å². The number of anilines is 2. The van der Waals surface area contributed by atoms with Crippen LogP contribution in [0.1, 0.15) is 15.9 Å². The number of hydrogen-bond donors (Lipinski definition) is 2. The molecule has 92 valence electrons. The molecule has 0 fully saturated rings. The van der Waals surface area contributed by atoms with Crippen molar-refractivity contribution in [1.29, 1.82) is 0 Å². The summed E-state index contributed by atoms with van der Waals surface area (Å²) < 4.78 is 0. The first-order valence-electron chi connectivity index (χ1n) is 5.36. The lowest BCUT2D eigenvalue weighted by Crippen LogP contribution is -2.15. The van der Waals surface area contributed by atoms with Crippen molar-refractivity contribution in [1.82, 2.24) is 4.98 Å². The lowest BCUT2D eigenvalue weighted by molar-refractivity contribution is 0.102. The van der Waals surface area contributed by atoms with Crippen molar-refractivity contribution in [3.63, 3.8) is 0 Å². The van der Waals surface area contributed by atoms with Crippen LogP contribution < -0.4 is 11.1 Å². The van der Waals surface area contributed by atoms with Crippen molar-refractivity contribution in [3.8, 4) is 0 Å². The number of nitrogens with one attached hydrogen (secondary N) is 1. The van der Waals surface area contributed by atoms with E-state index in [1.807, 2.05) is 19.1 Å². The molecule has 2 aromatic rings. The molecule has 0 saturated carbocycles. The third-order valence-corrected chi connectivity index (χ3v) is 2.74. The van der Waals surface area contributed by atoms with Gasteiger partial charge in [0.1, 0.15) is 5.15 Å². The quantitative estimate of drug-likeness (QED) is 0.645. The number of aromatic nitrogens is 1. The molecule has 0 aliphatic heterocycles. The number of amides is 1. The molecule has 18 heavy (non-hydrogen) atoms. The van der Waals surface area contributed by atoms with E-state index in [4.69, 9.17) is 17.3 Å². The van der Waals surface area contributed by atoms with Gasteiger partial charge in [-0.2, -0.15) is 0 Å². The third-order valence-electron chi connectivity index (χ3n) is 2.52. The van der Waals surface area contributed by atoms with E-state index < -0.39 is 0 Å². The van der Waals surface area contributed by atoms with Gasteiger partial charge >= 0.3 is 0 Å². The minimum atomic E-state index is -0.255. The highest BCUT2D eigenvalue weighted by atomic mass is 35.5. The molecule has 1 aromatic carbocycles. The molecule has 1 amide bonds. The Morgan fingerprint density at radius 1 is 1.33 bits per heavy atom. The average Bonchev–Trinajstić information content (AvgIpc) is 2.32. The van der Waals surface area contributed by atoms with E-state index in [1.165, 1.54) is 6.20 Å². The van der Waals surface area contributed by atoms with Gasteiger partial charge in [0.05, 0.1) is 17.4 Å². The molecule has 5 heteroatoms. The maximum absolute atomic E-state index is 12.1. The minimum Gasteiger partial charge on any atom is -0.398 e. The maximum Gasteiger partial charge on any atom is 0.258 e. The van der Waals surface area contributed by atoms with Crippen molar-refractivity contribution in [2.75, 3.05) is 11.1 Å². The summed E-state index contributed by atoms with van der Waals surface area (Å²) in [5.74, 6) is -0.255. The molecule has 4 nitrogen and oxygen atoms in total. The second kappa shape index (κ2) is 5.06. The van der Waals surface area contributed by atoms with E-state index in [1.54, 1.807) is 18.2 Å². The van der Waals surface area contributed by atoms with Crippen LogP contribution in [0.5, 0.6) is 0 Å². The zero-order valence-electron chi connectivity index (χ0n) is 9.77. The van der Waals surface area contributed by atoms with Crippen LogP contribution in [-0.2, 0) is 0 Å². The predicted molar refractivity (Wildman–Crippen MR) is 72.8 cm³/mol. The number of rotatable bonds is 2. The van der Waals surface area contributed by atoms with Crippen molar-refractivity contribution in [2.24, 2.45) is 0 Å². The lowest BCUT2D eigenvalue weighted by Gasteiger charge is -2.09. The van der Waals surface area contributed by atoms with Gasteiger partial charge in [0, 0.05) is 5.69 Å². The first-order valence-corrected chi connectivity index (χ1v) is 5.73. The second-order valence-electron chi connectivity index (χ2n) is 3.86. The van der Waals surface area contributed by atoms with E-state index in [0.717, 1.165) is 5.56 Å². The van der Waals surface area contributed by atoms with E-state index >= 15 is 0 Å². The van der Waals surface area contributed by atoms with E-state index in [0.29, 0.717) is 22.1 Å². The summed E-state index contributed by atoms with van der Waals surface area (Å²) in [6.45, 7) is 1.84. The van der Waals surface area contributed by atoms with Crippen LogP contribution in [0.4, 0.5) is 11.4 Å². The highest BCUT2D eigenvalue weighted by molar-refractivity contribution is 6.29. The molecule has 1 heterocycles. The molecule has 0 bridgehead atoms. The molecule has 0 aliphatic carbocycles. The molecule has 3 N–H and O–H groups in total. The summed E-state index contributed by atoms with van der Waals surface area (Å²) in [6, 6.07) is 8.64. The van der Waals surface area contributed by atoms with Crippen LogP contribution in [0.15, 0.2) is 36.5 Å². The summed E-state index contributed by atoms with van der Waals surface area (Å²) >= 11 is 5.67. The molecule has 0 spiro atoms. The first-order chi connectivity index (χ1) is 8.58. The number of aryl methyl sites for hydroxylation is 1. The summed E-state index contributed by atoms with van der Waals surface area (Å²) in [5.41, 5.74) is 8.14. The molecule has 0 atom stereocenters. The first kappa shape index (κ1) is 12.4. The number of benzene rings is 1. The predicted octanol–water partition coefficient (Wildman–Crippen LogP) is 2.88. The number of pyridine rings is 1. The Balaban J connectivity index is 2.25. The Kier molecular flexibility index (Phi) is 3.48. The molecule has 0 saturated heterocycles. The SMILES string of the molecule is Cc1cccc(N)c1C(=O)Nc1ccc(Cl)nc1. The van der Waals surface area contributed by atoms with Crippen LogP contribution in [0.25, 0.3) is 0 Å². The Morgan fingerprint density at radius 2 is 2.11 bits per heavy atom. The topological polar surface area (TPSA) is 68.0 Å². The number of nitrogen functional groups attached to an aromatic ring is 1. The van der Waals surface area contributed by atoms with Crippen LogP contribution in [0, 0.1) is 6.92 Å². The number of nitrogens with two attached hydrogens (primary N) is 1. The van der Waals surface area contributed by atoms with Gasteiger partial charge in [-0.05, 0) is 30.7 Å². The fraction of sp³-hybridized carbons (Fsp3) is 0.0769. The third kappa shape index (κ3) is 2.60. The minimum absolute atomic E-state index is 0.255. The zero-order chi connectivity index (χ0) is 13.1. The molecule has 0 radical (unpaired) electrons. The molecular weight excluding hydrogens is 250 g/mol. The van der Waals surface area contributed by atoms with Crippen molar-refractivity contribution < 1.29 is 4.79 Å². The molecule has 0 aliphatic rings. The largest absolute Gasteiger partial charge is 0.398 e. The lowest BCUT2D eigenvalue weighted by atomic mass is 10.1. The van der Waals surface area contributed by atoms with Crippen molar-refractivity contribution in [2.45, 2.75) is 6.92 Å². The van der Waals surface area contributed by atoms with Gasteiger partial charge in [-0.25, -0.2) is 4.98 Å². The van der Waals surface area contributed by atoms with E-state index in [-0.39, 0.29) is 5.91 Å². The second-order valence-corrected chi connectivity index (χ2v) is 4.25. The fourth-order valence-electron chi connectivity index (χ4n) is 1.64. The smallest absolute Gasteiger partial charge is 0.258 e. The molecule has 0 unspecified atom stereocenters. The summed E-state index contributed by atoms with van der Waals surface area (Å²) in [5, 5.41) is 3.11. The molecule has 1 aromatic heterocycles. The zero-order valence-corrected chi connectivity index (χ0v) is 10.5. The van der Waals surface area contributed by atoms with Gasteiger partial charge in [-0.15, -0.1) is 0 Å². The highest BCUT2D eigenvalue weighted by Crippen LogP contribution is 2.18. The Morgan fingerprint density at radius 3 is 2.72 bits per heavy atom. The van der Waals surface area contributed by atoms with Gasteiger partial charge in [0.15, 0.2) is 0 Å². The average molecular weight is 262 g/mol. The number of halogens is 1. The van der Waals surface area contributed by atoms with Crippen molar-refractivity contribution in [3.05, 3.63) is 52.8 Å². The van der Waals surface area contributed by atoms with Gasteiger partial charge in [-0.1, -0.05) is 23.7 Å². The summed E-state index contributed by atoms with van der Waals surface area (Å²) in [6.07, 6.45) is 1.49. The van der Waals surface area contributed by atoms with Crippen LogP contribution in [-0.4, -0.2) is 10.9 Å². The highest BCUT2D eigenvalue weighted by Gasteiger charge is 2.12. The summed E-state index contributed by atoms with van der Waals surface area (Å²) in [4.78, 5) is 16.0. The van der Waals surface area contributed by atoms with Gasteiger partial charge in [0.25, 0.3) is 5.91 Å². The number of hydrogen-bond acceptors (Lipinski definition) is 3. The standard InChI is InChI=1S/C13H12ClN3O/c1-8-3-2-4-10(15)12(8)13(18)17-9-5-6-11(14)16-7-9/h2-7H,15H2,1H3,(H,17,18). The van der Waals surface area contributed by atoms with E-state index in [9.17, 15) is 4.79 Å². The monoisotopic (exact) mass is 261 g/mol. The fourth-order valence-corrected chi connectivity index (χ4v) is 1.76. The van der Waals surface area contributed by atoms with Gasteiger partial charge in [0.2, 0.25) is 0 Å². The molecule has 2 rings (SSSR count). The van der Waals surface area contributed by atoms with Gasteiger partial charge < -0.3 is 11.1 Å². The normalized spacial score (nSPS) is 10.1. The Bertz CT molecular complexity index is 561. The Hall–Kier alpha value is -2.07. The van der Waals surface area contributed by atoms with Crippen LogP contribution in [0.2, 0.25) is 5.15 Å². The number of carbonyl (C=O) groups excluding carboxylic acids is 1. The van der Waals surface area contributed by atoms with Crippen LogP contribution in [0.3, 0.4) is 0 Å².